The Balaban J connectivity index is 1.65. The zero-order valence-corrected chi connectivity index (χ0v) is 12.8. The maximum atomic E-state index is 12.6. The van der Waals surface area contributed by atoms with E-state index in [1.54, 1.807) is 0 Å². The number of benzene rings is 1. The summed E-state index contributed by atoms with van der Waals surface area (Å²) in [6.45, 7) is 0. The molecule has 0 unspecified atom stereocenters. The number of thiophene rings is 1. The topological polar surface area (TPSA) is 41.5 Å². The maximum absolute atomic E-state index is 12.6. The first kappa shape index (κ1) is 15.7. The summed E-state index contributed by atoms with van der Waals surface area (Å²) in [5, 5.41) is 3.74. The number of carbonyl (C=O) groups excluding carboxylic acids is 1. The Kier molecular flexibility index (Phi) is 4.21. The average molecular weight is 338 g/mol. The molecular weight excluding hydrogens is 325 g/mol. The van der Waals surface area contributed by atoms with E-state index in [4.69, 9.17) is 0 Å². The van der Waals surface area contributed by atoms with E-state index in [9.17, 15) is 18.0 Å². The minimum absolute atomic E-state index is 0.272. The number of nitrogens with zero attached hydrogens (tertiary/aromatic N) is 1. The van der Waals surface area contributed by atoms with Crippen LogP contribution in [0.25, 0.3) is 0 Å². The summed E-state index contributed by atoms with van der Waals surface area (Å²) < 4.78 is 37.8. The van der Waals surface area contributed by atoms with E-state index in [-0.39, 0.29) is 11.5 Å². The molecule has 7 heteroatoms. The third-order valence-corrected chi connectivity index (χ3v) is 4.80. The highest BCUT2D eigenvalue weighted by atomic mass is 32.1. The number of rotatable bonds is 3. The van der Waals surface area contributed by atoms with E-state index in [0.717, 1.165) is 31.4 Å². The highest BCUT2D eigenvalue weighted by Crippen LogP contribution is 2.30. The van der Waals surface area contributed by atoms with Crippen molar-refractivity contribution in [3.05, 3.63) is 56.8 Å². The van der Waals surface area contributed by atoms with E-state index < -0.39 is 11.7 Å². The van der Waals surface area contributed by atoms with Crippen molar-refractivity contribution in [1.29, 1.82) is 0 Å². The van der Waals surface area contributed by atoms with Gasteiger partial charge in [0.25, 0.3) is 5.91 Å². The molecule has 1 aliphatic rings. The van der Waals surface area contributed by atoms with Gasteiger partial charge < -0.3 is 0 Å². The van der Waals surface area contributed by atoms with Gasteiger partial charge in [-0.1, -0.05) is 12.1 Å². The second kappa shape index (κ2) is 6.16. The fourth-order valence-corrected chi connectivity index (χ4v) is 3.60. The molecule has 1 amide bonds. The largest absolute Gasteiger partial charge is 0.416 e. The zero-order valence-electron chi connectivity index (χ0n) is 12.0. The SMILES string of the molecule is O=C(N/N=C\c1cccc(C(F)(F)F)c1)c1cc2c(s1)CCC2. The lowest BCUT2D eigenvalue weighted by atomic mass is 10.1. The van der Waals surface area contributed by atoms with E-state index in [1.165, 1.54) is 40.1 Å². The van der Waals surface area contributed by atoms with Crippen molar-refractivity contribution < 1.29 is 18.0 Å². The van der Waals surface area contributed by atoms with E-state index in [2.05, 4.69) is 10.5 Å². The Morgan fingerprint density at radius 2 is 2.09 bits per heavy atom. The molecule has 1 aliphatic carbocycles. The Morgan fingerprint density at radius 3 is 2.83 bits per heavy atom. The van der Waals surface area contributed by atoms with Gasteiger partial charge in [-0.15, -0.1) is 11.3 Å². The molecule has 0 atom stereocenters. The van der Waals surface area contributed by atoms with E-state index >= 15 is 0 Å². The lowest BCUT2D eigenvalue weighted by Crippen LogP contribution is -2.16. The fraction of sp³-hybridized carbons (Fsp3) is 0.250. The molecule has 0 saturated carbocycles. The van der Waals surface area contributed by atoms with Gasteiger partial charge in [-0.25, -0.2) is 5.43 Å². The van der Waals surface area contributed by atoms with Crippen molar-refractivity contribution in [2.75, 3.05) is 0 Å². The van der Waals surface area contributed by atoms with E-state index in [0.29, 0.717) is 4.88 Å². The highest BCUT2D eigenvalue weighted by molar-refractivity contribution is 7.14. The second-order valence-corrected chi connectivity index (χ2v) is 6.37. The number of alkyl halides is 3. The minimum Gasteiger partial charge on any atom is -0.266 e. The van der Waals surface area contributed by atoms with Crippen LogP contribution in [0.2, 0.25) is 0 Å². The summed E-state index contributed by atoms with van der Waals surface area (Å²) in [6, 6.07) is 6.63. The Hall–Kier alpha value is -2.15. The van der Waals surface area contributed by atoms with Gasteiger partial charge in [0, 0.05) is 4.88 Å². The van der Waals surface area contributed by atoms with Crippen molar-refractivity contribution in [3.8, 4) is 0 Å². The predicted molar refractivity (Wildman–Crippen MR) is 82.8 cm³/mol. The molecule has 0 radical (unpaired) electrons. The standard InChI is InChI=1S/C16H13F3N2OS/c17-16(18,19)12-5-1-3-10(7-12)9-20-21-15(22)14-8-11-4-2-6-13(11)23-14/h1,3,5,7-9H,2,4,6H2,(H,21,22)/b20-9-. The Morgan fingerprint density at radius 1 is 1.26 bits per heavy atom. The van der Waals surface area contributed by atoms with Gasteiger partial charge in [0.15, 0.2) is 0 Å². The first-order valence-electron chi connectivity index (χ1n) is 7.06. The maximum Gasteiger partial charge on any atom is 0.416 e. The van der Waals surface area contributed by atoms with Crippen LogP contribution in [0.3, 0.4) is 0 Å². The lowest BCUT2D eigenvalue weighted by molar-refractivity contribution is -0.137. The van der Waals surface area contributed by atoms with Gasteiger partial charge in [0.1, 0.15) is 0 Å². The van der Waals surface area contributed by atoms with Crippen LogP contribution in [0.4, 0.5) is 13.2 Å². The molecule has 0 aliphatic heterocycles. The van der Waals surface area contributed by atoms with Crippen molar-refractivity contribution >= 4 is 23.5 Å². The molecule has 23 heavy (non-hydrogen) atoms. The third kappa shape index (κ3) is 3.61. The van der Waals surface area contributed by atoms with Crippen molar-refractivity contribution in [2.45, 2.75) is 25.4 Å². The zero-order chi connectivity index (χ0) is 16.4. The molecule has 2 aromatic rings. The van der Waals surface area contributed by atoms with Crippen LogP contribution < -0.4 is 5.43 Å². The van der Waals surface area contributed by atoms with Gasteiger partial charge in [0.2, 0.25) is 0 Å². The van der Waals surface area contributed by atoms with Gasteiger partial charge in [-0.3, -0.25) is 4.79 Å². The van der Waals surface area contributed by atoms with Crippen LogP contribution in [0.5, 0.6) is 0 Å². The van der Waals surface area contributed by atoms with Crippen LogP contribution in [-0.2, 0) is 19.0 Å². The highest BCUT2D eigenvalue weighted by Gasteiger charge is 2.30. The number of hydrazone groups is 1. The molecule has 0 fully saturated rings. The monoisotopic (exact) mass is 338 g/mol. The van der Waals surface area contributed by atoms with Crippen molar-refractivity contribution in [2.24, 2.45) is 5.10 Å². The lowest BCUT2D eigenvalue weighted by Gasteiger charge is -2.06. The summed E-state index contributed by atoms with van der Waals surface area (Å²) in [4.78, 5) is 13.8. The number of carbonyl (C=O) groups is 1. The first-order valence-corrected chi connectivity index (χ1v) is 7.87. The second-order valence-electron chi connectivity index (χ2n) is 5.23. The van der Waals surface area contributed by atoms with Crippen LogP contribution in [0.1, 0.15) is 37.7 Å². The van der Waals surface area contributed by atoms with Gasteiger partial charge >= 0.3 is 6.18 Å². The molecular formula is C16H13F3N2OS. The van der Waals surface area contributed by atoms with E-state index in [1.807, 2.05) is 6.07 Å². The predicted octanol–water partition coefficient (Wildman–Crippen LogP) is 4.02. The van der Waals surface area contributed by atoms with Crippen molar-refractivity contribution in [1.82, 2.24) is 5.43 Å². The summed E-state index contributed by atoms with van der Waals surface area (Å²) in [6.07, 6.45) is -0.0801. The van der Waals surface area contributed by atoms with Crippen molar-refractivity contribution in [3.63, 3.8) is 0 Å². The number of hydrogen-bond donors (Lipinski definition) is 1. The van der Waals surface area contributed by atoms with Crippen LogP contribution >= 0.6 is 11.3 Å². The number of hydrogen-bond acceptors (Lipinski definition) is 3. The molecule has 0 bridgehead atoms. The average Bonchev–Trinajstić information content (AvgIpc) is 3.08. The first-order chi connectivity index (χ1) is 10.9. The third-order valence-electron chi connectivity index (χ3n) is 3.56. The Labute approximate surface area is 134 Å². The number of nitrogens with one attached hydrogen (secondary N) is 1. The smallest absolute Gasteiger partial charge is 0.266 e. The molecule has 1 aromatic carbocycles. The number of fused-ring (bicyclic) bond motifs is 1. The molecule has 1 N–H and O–H groups in total. The molecule has 120 valence electrons. The molecule has 0 spiro atoms. The van der Waals surface area contributed by atoms with Crippen LogP contribution in [0.15, 0.2) is 35.4 Å². The molecule has 1 heterocycles. The minimum atomic E-state index is -4.40. The van der Waals surface area contributed by atoms with Crippen LogP contribution in [-0.4, -0.2) is 12.1 Å². The summed E-state index contributed by atoms with van der Waals surface area (Å²) in [5.41, 5.74) is 3.09. The van der Waals surface area contributed by atoms with Gasteiger partial charge in [-0.2, -0.15) is 18.3 Å². The van der Waals surface area contributed by atoms with Crippen LogP contribution in [0, 0.1) is 0 Å². The molecule has 1 aromatic heterocycles. The fourth-order valence-electron chi connectivity index (χ4n) is 2.46. The van der Waals surface area contributed by atoms with Gasteiger partial charge in [-0.05, 0) is 48.6 Å². The molecule has 3 rings (SSSR count). The quantitative estimate of drug-likeness (QED) is 0.666. The summed E-state index contributed by atoms with van der Waals surface area (Å²) in [7, 11) is 0. The number of amides is 1. The Bertz CT molecular complexity index is 743. The summed E-state index contributed by atoms with van der Waals surface area (Å²) in [5.74, 6) is -0.340. The molecule has 3 nitrogen and oxygen atoms in total. The summed E-state index contributed by atoms with van der Waals surface area (Å²) >= 11 is 1.45. The van der Waals surface area contributed by atoms with Gasteiger partial charge in [0.05, 0.1) is 16.7 Å². The molecule has 0 saturated heterocycles. The normalized spacial score (nSPS) is 14.2. The number of halogens is 3. The number of aryl methyl sites for hydroxylation is 2.